The van der Waals surface area contributed by atoms with E-state index in [0.717, 1.165) is 5.33 Å². The molecule has 0 bridgehead atoms. The van der Waals surface area contributed by atoms with E-state index in [1.54, 1.807) is 0 Å². The molecule has 0 aromatic rings. The molecular weight excluding hydrogens is 196 g/mol. The fourth-order valence-electron chi connectivity index (χ4n) is 0.466. The van der Waals surface area contributed by atoms with Crippen LogP contribution >= 0.6 is 15.9 Å². The normalized spacial score (nSPS) is 15.4. The first-order valence-corrected chi connectivity index (χ1v) is 4.33. The van der Waals surface area contributed by atoms with Gasteiger partial charge in [0.25, 0.3) is 0 Å². The molecular formula is C7H13BrO2. The van der Waals surface area contributed by atoms with E-state index in [4.69, 9.17) is 10.2 Å². The molecule has 3 heteroatoms. The van der Waals surface area contributed by atoms with Gasteiger partial charge in [0.2, 0.25) is 0 Å². The minimum Gasteiger partial charge on any atom is -0.394 e. The van der Waals surface area contributed by atoms with Crippen LogP contribution in [0.25, 0.3) is 0 Å². The lowest BCUT2D eigenvalue weighted by molar-refractivity contribution is 0.0974. The Labute approximate surface area is 69.7 Å². The van der Waals surface area contributed by atoms with E-state index in [1.807, 2.05) is 13.0 Å². The van der Waals surface area contributed by atoms with Crippen LogP contribution in [-0.2, 0) is 0 Å². The maximum absolute atomic E-state index is 8.89. The molecule has 0 fully saturated rings. The zero-order chi connectivity index (χ0) is 7.98. The molecule has 0 unspecified atom stereocenters. The van der Waals surface area contributed by atoms with E-state index in [2.05, 4.69) is 15.9 Å². The van der Waals surface area contributed by atoms with Crippen LogP contribution in [0, 0.1) is 0 Å². The van der Waals surface area contributed by atoms with Gasteiger partial charge in [-0.25, -0.2) is 0 Å². The zero-order valence-corrected chi connectivity index (χ0v) is 7.63. The molecule has 0 saturated carbocycles. The molecule has 0 aliphatic carbocycles. The van der Waals surface area contributed by atoms with Crippen molar-refractivity contribution >= 4 is 15.9 Å². The summed E-state index contributed by atoms with van der Waals surface area (Å²) in [6.07, 6.45) is 1.85. The molecule has 0 rings (SSSR count). The summed E-state index contributed by atoms with van der Waals surface area (Å²) in [6, 6.07) is 0. The standard InChI is InChI=1S/C7H13BrO2/c1-6(4-8)2-3-7(10)5-9/h2,7,9-10H,3-5H2,1H3/b6-2+/t7-/m1/s1. The van der Waals surface area contributed by atoms with Crippen molar-refractivity contribution in [3.63, 3.8) is 0 Å². The van der Waals surface area contributed by atoms with Crippen molar-refractivity contribution in [3.05, 3.63) is 11.6 Å². The summed E-state index contributed by atoms with van der Waals surface area (Å²) in [5, 5.41) is 18.1. The minimum absolute atomic E-state index is 0.161. The van der Waals surface area contributed by atoms with Crippen LogP contribution < -0.4 is 0 Å². The highest BCUT2D eigenvalue weighted by molar-refractivity contribution is 9.09. The first kappa shape index (κ1) is 10.1. The maximum Gasteiger partial charge on any atom is 0.0805 e. The Balaban J connectivity index is 3.50. The van der Waals surface area contributed by atoms with Gasteiger partial charge in [0.1, 0.15) is 0 Å². The third-order valence-electron chi connectivity index (χ3n) is 1.16. The van der Waals surface area contributed by atoms with Crippen molar-refractivity contribution in [2.45, 2.75) is 19.4 Å². The fraction of sp³-hybridized carbons (Fsp3) is 0.714. The van der Waals surface area contributed by atoms with Crippen LogP contribution in [0.4, 0.5) is 0 Å². The average Bonchev–Trinajstić information content (AvgIpc) is 1.99. The van der Waals surface area contributed by atoms with Gasteiger partial charge in [-0.3, -0.25) is 0 Å². The second kappa shape index (κ2) is 5.89. The Hall–Kier alpha value is 0.140. The molecule has 0 heterocycles. The van der Waals surface area contributed by atoms with Crippen LogP contribution in [0.5, 0.6) is 0 Å². The highest BCUT2D eigenvalue weighted by Crippen LogP contribution is 2.01. The number of aliphatic hydroxyl groups excluding tert-OH is 2. The van der Waals surface area contributed by atoms with Gasteiger partial charge in [0.15, 0.2) is 0 Å². The number of hydrogen-bond acceptors (Lipinski definition) is 2. The summed E-state index contributed by atoms with van der Waals surface area (Å²) < 4.78 is 0. The second-order valence-corrected chi connectivity index (χ2v) is 2.82. The van der Waals surface area contributed by atoms with Crippen molar-refractivity contribution in [2.75, 3.05) is 11.9 Å². The SMILES string of the molecule is C/C(=C\C[C@@H](O)CO)CBr. The van der Waals surface area contributed by atoms with Crippen LogP contribution in [0.15, 0.2) is 11.6 Å². The summed E-state index contributed by atoms with van der Waals surface area (Å²) in [5.41, 5.74) is 1.17. The highest BCUT2D eigenvalue weighted by Gasteiger charge is 1.97. The highest BCUT2D eigenvalue weighted by atomic mass is 79.9. The largest absolute Gasteiger partial charge is 0.394 e. The third kappa shape index (κ3) is 4.97. The van der Waals surface area contributed by atoms with Gasteiger partial charge in [-0.05, 0) is 13.3 Å². The lowest BCUT2D eigenvalue weighted by Crippen LogP contribution is -2.10. The predicted octanol–water partition coefficient (Wildman–Crippen LogP) is 1.07. The Kier molecular flexibility index (Phi) is 5.97. The van der Waals surface area contributed by atoms with Crippen molar-refractivity contribution in [1.29, 1.82) is 0 Å². The van der Waals surface area contributed by atoms with Gasteiger partial charge in [-0.2, -0.15) is 0 Å². The zero-order valence-electron chi connectivity index (χ0n) is 6.05. The first-order chi connectivity index (χ1) is 4.70. The van der Waals surface area contributed by atoms with Crippen LogP contribution in [0.2, 0.25) is 0 Å². The number of rotatable bonds is 4. The first-order valence-electron chi connectivity index (χ1n) is 3.21. The van der Waals surface area contributed by atoms with Crippen LogP contribution in [0.1, 0.15) is 13.3 Å². The van der Waals surface area contributed by atoms with Crippen molar-refractivity contribution in [2.24, 2.45) is 0 Å². The summed E-state index contributed by atoms with van der Waals surface area (Å²) in [4.78, 5) is 0. The molecule has 0 aliphatic rings. The van der Waals surface area contributed by atoms with Gasteiger partial charge in [0.05, 0.1) is 12.7 Å². The molecule has 0 radical (unpaired) electrons. The predicted molar refractivity (Wildman–Crippen MR) is 45.3 cm³/mol. The fourth-order valence-corrected chi connectivity index (χ4v) is 0.695. The minimum atomic E-state index is -0.603. The molecule has 0 aromatic heterocycles. The van der Waals surface area contributed by atoms with E-state index in [1.165, 1.54) is 5.57 Å². The Morgan fingerprint density at radius 2 is 2.30 bits per heavy atom. The Bertz CT molecular complexity index is 112. The van der Waals surface area contributed by atoms with E-state index in [-0.39, 0.29) is 6.61 Å². The van der Waals surface area contributed by atoms with Crippen molar-refractivity contribution < 1.29 is 10.2 Å². The second-order valence-electron chi connectivity index (χ2n) is 2.26. The molecule has 2 nitrogen and oxygen atoms in total. The Morgan fingerprint density at radius 3 is 2.70 bits per heavy atom. The van der Waals surface area contributed by atoms with Crippen molar-refractivity contribution in [3.8, 4) is 0 Å². The molecule has 2 N–H and O–H groups in total. The molecule has 0 aliphatic heterocycles. The van der Waals surface area contributed by atoms with E-state index >= 15 is 0 Å². The molecule has 0 saturated heterocycles. The molecule has 10 heavy (non-hydrogen) atoms. The lowest BCUT2D eigenvalue weighted by atomic mass is 10.2. The van der Waals surface area contributed by atoms with E-state index in [9.17, 15) is 0 Å². The van der Waals surface area contributed by atoms with E-state index < -0.39 is 6.10 Å². The Morgan fingerprint density at radius 1 is 1.70 bits per heavy atom. The van der Waals surface area contributed by atoms with Crippen LogP contribution in [0.3, 0.4) is 0 Å². The topological polar surface area (TPSA) is 40.5 Å². The number of allylic oxidation sites excluding steroid dienone is 1. The molecule has 60 valence electrons. The summed E-state index contributed by atoms with van der Waals surface area (Å²) in [5.74, 6) is 0. The quantitative estimate of drug-likeness (QED) is 0.537. The van der Waals surface area contributed by atoms with Gasteiger partial charge in [0, 0.05) is 5.33 Å². The molecule has 0 amide bonds. The van der Waals surface area contributed by atoms with Gasteiger partial charge in [-0.1, -0.05) is 27.6 Å². The number of halogens is 1. The van der Waals surface area contributed by atoms with Gasteiger partial charge in [-0.15, -0.1) is 0 Å². The number of alkyl halides is 1. The van der Waals surface area contributed by atoms with Crippen LogP contribution in [-0.4, -0.2) is 28.3 Å². The average molecular weight is 209 g/mol. The molecule has 1 atom stereocenters. The summed E-state index contributed by atoms with van der Waals surface area (Å²) in [7, 11) is 0. The smallest absolute Gasteiger partial charge is 0.0805 e. The van der Waals surface area contributed by atoms with Gasteiger partial charge < -0.3 is 10.2 Å². The number of hydrogen-bond donors (Lipinski definition) is 2. The molecule has 0 spiro atoms. The monoisotopic (exact) mass is 208 g/mol. The van der Waals surface area contributed by atoms with Gasteiger partial charge >= 0.3 is 0 Å². The summed E-state index contributed by atoms with van der Waals surface area (Å²) >= 11 is 3.27. The summed E-state index contributed by atoms with van der Waals surface area (Å²) in [6.45, 7) is 1.81. The lowest BCUT2D eigenvalue weighted by Gasteiger charge is -2.02. The van der Waals surface area contributed by atoms with E-state index in [0.29, 0.717) is 6.42 Å². The molecule has 0 aromatic carbocycles. The maximum atomic E-state index is 8.89. The third-order valence-corrected chi connectivity index (χ3v) is 2.04. The van der Waals surface area contributed by atoms with Crippen molar-refractivity contribution in [1.82, 2.24) is 0 Å². The number of aliphatic hydroxyl groups is 2.